The van der Waals surface area contributed by atoms with Gasteiger partial charge in [0.05, 0.1) is 12.4 Å². The first-order valence-electron chi connectivity index (χ1n) is 9.33. The molecule has 9 heteroatoms. The normalized spacial score (nSPS) is 10.8. The number of pyridine rings is 1. The summed E-state index contributed by atoms with van der Waals surface area (Å²) >= 11 is 0. The van der Waals surface area contributed by atoms with E-state index in [1.54, 1.807) is 42.7 Å². The molecule has 1 N–H and O–H groups in total. The molecule has 0 aliphatic rings. The number of hydrogen-bond acceptors (Lipinski definition) is 7. The number of nitrogens with one attached hydrogen (secondary N) is 1. The standard InChI is InChI=1S/C21H19N7O2/c1-14(2)28-13-24-27-20(28)18-7-4-8-19(25-18)26-21(29)15-5-3-6-16(11-15)30-17-9-10-22-23-12-17/h3-14H,1-2H3,(H,25,26,29). The lowest BCUT2D eigenvalue weighted by atomic mass is 10.2. The van der Waals surface area contributed by atoms with Crippen LogP contribution in [0, 0.1) is 0 Å². The van der Waals surface area contributed by atoms with Gasteiger partial charge in [-0.1, -0.05) is 12.1 Å². The van der Waals surface area contributed by atoms with E-state index in [9.17, 15) is 4.79 Å². The highest BCUT2D eigenvalue weighted by Crippen LogP contribution is 2.22. The van der Waals surface area contributed by atoms with Crippen molar-refractivity contribution in [1.29, 1.82) is 0 Å². The minimum atomic E-state index is -0.303. The minimum absolute atomic E-state index is 0.188. The molecule has 0 aliphatic heterocycles. The Labute approximate surface area is 172 Å². The summed E-state index contributed by atoms with van der Waals surface area (Å²) < 4.78 is 7.63. The molecule has 0 saturated carbocycles. The van der Waals surface area contributed by atoms with Crippen LogP contribution in [0.2, 0.25) is 0 Å². The Morgan fingerprint density at radius 1 is 1.03 bits per heavy atom. The van der Waals surface area contributed by atoms with Crippen molar-refractivity contribution in [1.82, 2.24) is 29.9 Å². The number of nitrogens with zero attached hydrogens (tertiary/aromatic N) is 6. The summed E-state index contributed by atoms with van der Waals surface area (Å²) in [5.74, 6) is 1.81. The van der Waals surface area contributed by atoms with Gasteiger partial charge in [-0.3, -0.25) is 4.79 Å². The molecule has 4 aromatic rings. The third kappa shape index (κ3) is 4.30. The number of rotatable bonds is 6. The predicted molar refractivity (Wildman–Crippen MR) is 110 cm³/mol. The Balaban J connectivity index is 1.52. The Hall–Kier alpha value is -4.14. The molecule has 0 atom stereocenters. The smallest absolute Gasteiger partial charge is 0.256 e. The zero-order valence-electron chi connectivity index (χ0n) is 16.4. The van der Waals surface area contributed by atoms with Gasteiger partial charge in [0.2, 0.25) is 0 Å². The lowest BCUT2D eigenvalue weighted by Crippen LogP contribution is -2.13. The van der Waals surface area contributed by atoms with Crippen LogP contribution in [0.4, 0.5) is 5.82 Å². The van der Waals surface area contributed by atoms with Crippen molar-refractivity contribution in [3.8, 4) is 23.0 Å². The number of carbonyl (C=O) groups is 1. The van der Waals surface area contributed by atoms with Crippen molar-refractivity contribution >= 4 is 11.7 Å². The lowest BCUT2D eigenvalue weighted by Gasteiger charge is -2.11. The molecule has 0 aliphatic carbocycles. The Bertz CT molecular complexity index is 1160. The van der Waals surface area contributed by atoms with Gasteiger partial charge in [0.1, 0.15) is 29.3 Å². The third-order valence-corrected chi connectivity index (χ3v) is 4.24. The van der Waals surface area contributed by atoms with Crippen molar-refractivity contribution in [2.45, 2.75) is 19.9 Å². The second-order valence-electron chi connectivity index (χ2n) is 6.73. The molecule has 1 aromatic carbocycles. The van der Waals surface area contributed by atoms with E-state index < -0.39 is 0 Å². The largest absolute Gasteiger partial charge is 0.456 e. The van der Waals surface area contributed by atoms with E-state index in [2.05, 4.69) is 30.7 Å². The SMILES string of the molecule is CC(C)n1cnnc1-c1cccc(NC(=O)c2cccc(Oc3ccnnc3)c2)n1. The van der Waals surface area contributed by atoms with Gasteiger partial charge in [0.25, 0.3) is 5.91 Å². The summed E-state index contributed by atoms with van der Waals surface area (Å²) in [5.41, 5.74) is 1.06. The fourth-order valence-corrected chi connectivity index (χ4v) is 2.80. The summed E-state index contributed by atoms with van der Waals surface area (Å²) in [6.45, 7) is 4.07. The van der Waals surface area contributed by atoms with Crippen LogP contribution < -0.4 is 10.1 Å². The van der Waals surface area contributed by atoms with Gasteiger partial charge in [-0.05, 0) is 44.2 Å². The monoisotopic (exact) mass is 401 g/mol. The summed E-state index contributed by atoms with van der Waals surface area (Å²) in [6, 6.07) is 14.1. The van der Waals surface area contributed by atoms with E-state index >= 15 is 0 Å². The first-order chi connectivity index (χ1) is 14.6. The van der Waals surface area contributed by atoms with E-state index in [-0.39, 0.29) is 11.9 Å². The summed E-state index contributed by atoms with van der Waals surface area (Å²) in [6.07, 6.45) is 4.69. The van der Waals surface area contributed by atoms with Crippen LogP contribution in [0.3, 0.4) is 0 Å². The molecule has 0 radical (unpaired) electrons. The second kappa shape index (κ2) is 8.48. The Kier molecular flexibility index (Phi) is 5.42. The van der Waals surface area contributed by atoms with Gasteiger partial charge in [0, 0.05) is 17.7 Å². The van der Waals surface area contributed by atoms with Crippen molar-refractivity contribution < 1.29 is 9.53 Å². The maximum atomic E-state index is 12.7. The average Bonchev–Trinajstić information content (AvgIpc) is 3.25. The van der Waals surface area contributed by atoms with Crippen LogP contribution in [0.15, 0.2) is 67.3 Å². The van der Waals surface area contributed by atoms with Gasteiger partial charge in [-0.25, -0.2) is 4.98 Å². The van der Waals surface area contributed by atoms with Gasteiger partial charge < -0.3 is 14.6 Å². The number of ether oxygens (including phenoxy) is 1. The van der Waals surface area contributed by atoms with Gasteiger partial charge in [0.15, 0.2) is 5.82 Å². The van der Waals surface area contributed by atoms with E-state index in [4.69, 9.17) is 4.74 Å². The quantitative estimate of drug-likeness (QED) is 0.524. The van der Waals surface area contributed by atoms with Crippen LogP contribution in [0.25, 0.3) is 11.5 Å². The Morgan fingerprint density at radius 3 is 2.70 bits per heavy atom. The zero-order valence-corrected chi connectivity index (χ0v) is 16.4. The van der Waals surface area contributed by atoms with E-state index in [1.807, 2.05) is 30.5 Å². The number of benzene rings is 1. The van der Waals surface area contributed by atoms with Crippen LogP contribution >= 0.6 is 0 Å². The average molecular weight is 401 g/mol. The molecule has 30 heavy (non-hydrogen) atoms. The van der Waals surface area contributed by atoms with Crippen molar-refractivity contribution in [3.05, 3.63) is 72.8 Å². The van der Waals surface area contributed by atoms with Gasteiger partial charge in [-0.15, -0.1) is 10.2 Å². The molecule has 0 bridgehead atoms. The molecule has 1 amide bonds. The molecule has 150 valence electrons. The molecule has 3 aromatic heterocycles. The van der Waals surface area contributed by atoms with Crippen molar-refractivity contribution in [2.24, 2.45) is 0 Å². The molecular formula is C21H19N7O2. The molecule has 0 fully saturated rings. The van der Waals surface area contributed by atoms with Crippen molar-refractivity contribution in [3.63, 3.8) is 0 Å². The maximum Gasteiger partial charge on any atom is 0.256 e. The topological polar surface area (TPSA) is 108 Å². The molecule has 0 unspecified atom stereocenters. The number of amides is 1. The number of anilines is 1. The molecule has 9 nitrogen and oxygen atoms in total. The number of carbonyl (C=O) groups excluding carboxylic acids is 1. The number of hydrogen-bond donors (Lipinski definition) is 1. The van der Waals surface area contributed by atoms with Crippen LogP contribution in [0.5, 0.6) is 11.5 Å². The summed E-state index contributed by atoms with van der Waals surface area (Å²) in [4.78, 5) is 17.2. The van der Waals surface area contributed by atoms with Gasteiger partial charge >= 0.3 is 0 Å². The molecule has 3 heterocycles. The number of aromatic nitrogens is 6. The van der Waals surface area contributed by atoms with Crippen molar-refractivity contribution in [2.75, 3.05) is 5.32 Å². The molecule has 0 saturated heterocycles. The van der Waals surface area contributed by atoms with Crippen LogP contribution in [-0.2, 0) is 0 Å². The Morgan fingerprint density at radius 2 is 1.90 bits per heavy atom. The molecule has 0 spiro atoms. The van der Waals surface area contributed by atoms with E-state index in [0.717, 1.165) is 0 Å². The highest BCUT2D eigenvalue weighted by molar-refractivity contribution is 6.04. The highest BCUT2D eigenvalue weighted by atomic mass is 16.5. The van der Waals surface area contributed by atoms with Gasteiger partial charge in [-0.2, -0.15) is 10.2 Å². The van der Waals surface area contributed by atoms with Crippen LogP contribution in [0.1, 0.15) is 30.2 Å². The zero-order chi connectivity index (χ0) is 20.9. The minimum Gasteiger partial charge on any atom is -0.456 e. The third-order valence-electron chi connectivity index (χ3n) is 4.24. The molecular weight excluding hydrogens is 382 g/mol. The van der Waals surface area contributed by atoms with E-state index in [1.165, 1.54) is 12.4 Å². The highest BCUT2D eigenvalue weighted by Gasteiger charge is 2.13. The fourth-order valence-electron chi connectivity index (χ4n) is 2.80. The lowest BCUT2D eigenvalue weighted by molar-refractivity contribution is 0.102. The first kappa shape index (κ1) is 19.2. The van der Waals surface area contributed by atoms with Crippen LogP contribution in [-0.4, -0.2) is 35.9 Å². The molecule has 4 rings (SSSR count). The first-order valence-corrected chi connectivity index (χ1v) is 9.33. The fraction of sp³-hybridized carbons (Fsp3) is 0.143. The summed E-state index contributed by atoms with van der Waals surface area (Å²) in [5, 5.41) is 18.4. The summed E-state index contributed by atoms with van der Waals surface area (Å²) in [7, 11) is 0. The van der Waals surface area contributed by atoms with E-state index in [0.29, 0.717) is 34.4 Å². The predicted octanol–water partition coefficient (Wildman–Crippen LogP) is 3.76. The second-order valence-corrected chi connectivity index (χ2v) is 6.73. The maximum absolute atomic E-state index is 12.7.